The summed E-state index contributed by atoms with van der Waals surface area (Å²) in [6.45, 7) is 6.32. The number of hydrogen-bond donors (Lipinski definition) is 0. The highest BCUT2D eigenvalue weighted by Gasteiger charge is 2.37. The quantitative estimate of drug-likeness (QED) is 0.721. The number of nitrogens with zero attached hydrogens (tertiary/aromatic N) is 2. The normalized spacial score (nSPS) is 23.5. The molecule has 4 rings (SSSR count). The Bertz CT molecular complexity index is 723. The Morgan fingerprint density at radius 2 is 1.59 bits per heavy atom. The van der Waals surface area contributed by atoms with Crippen LogP contribution in [0.15, 0.2) is 65.7 Å². The zero-order valence-corrected chi connectivity index (χ0v) is 17.2. The van der Waals surface area contributed by atoms with Crippen LogP contribution in [0, 0.1) is 5.92 Å². The van der Waals surface area contributed by atoms with E-state index in [1.807, 2.05) is 0 Å². The van der Waals surface area contributed by atoms with Crippen LogP contribution in [0.2, 0.25) is 0 Å². The summed E-state index contributed by atoms with van der Waals surface area (Å²) in [4.78, 5) is 4.99. The summed E-state index contributed by atoms with van der Waals surface area (Å²) in [6.07, 6.45) is 3.64. The number of hydrogen-bond acceptors (Lipinski definition) is 3. The summed E-state index contributed by atoms with van der Waals surface area (Å²) >= 11 is 0. The van der Waals surface area contributed by atoms with Crippen molar-refractivity contribution in [3.05, 3.63) is 60.7 Å². The Hall–Kier alpha value is -1.70. The van der Waals surface area contributed by atoms with Crippen LogP contribution < -0.4 is 10.6 Å². The molecule has 0 N–H and O–H groups in total. The van der Waals surface area contributed by atoms with E-state index in [9.17, 15) is 0 Å². The van der Waals surface area contributed by atoms with E-state index >= 15 is 0 Å². The molecular formula is C23H29N2OP. The number of benzene rings is 2. The Kier molecular flexibility index (Phi) is 5.90. The first kappa shape index (κ1) is 18.7. The third kappa shape index (κ3) is 4.10. The van der Waals surface area contributed by atoms with Crippen molar-refractivity contribution in [3.63, 3.8) is 0 Å². The predicted molar refractivity (Wildman–Crippen MR) is 115 cm³/mol. The predicted octanol–water partition coefficient (Wildman–Crippen LogP) is 4.34. The molecule has 0 saturated carbocycles. The highest BCUT2D eigenvalue weighted by atomic mass is 31.1. The van der Waals surface area contributed by atoms with E-state index in [-0.39, 0.29) is 0 Å². The van der Waals surface area contributed by atoms with Crippen molar-refractivity contribution in [3.8, 4) is 0 Å². The first-order valence-electron chi connectivity index (χ1n) is 10.1. The lowest BCUT2D eigenvalue weighted by molar-refractivity contribution is 0.245. The van der Waals surface area contributed by atoms with Crippen LogP contribution in [0.1, 0.15) is 33.1 Å². The lowest BCUT2D eigenvalue weighted by Crippen LogP contribution is -2.45. The fourth-order valence-corrected chi connectivity index (χ4v) is 6.56. The molecule has 2 aromatic carbocycles. The first-order valence-corrected chi connectivity index (χ1v) is 11.4. The van der Waals surface area contributed by atoms with E-state index in [1.165, 1.54) is 23.5 Å². The van der Waals surface area contributed by atoms with Gasteiger partial charge < -0.3 is 4.74 Å². The van der Waals surface area contributed by atoms with Gasteiger partial charge in [-0.3, -0.25) is 4.67 Å². The van der Waals surface area contributed by atoms with Crippen molar-refractivity contribution in [1.29, 1.82) is 0 Å². The van der Waals surface area contributed by atoms with Gasteiger partial charge in [-0.1, -0.05) is 80.9 Å². The maximum atomic E-state index is 6.14. The fraction of sp³-hybridized carbons (Fsp3) is 0.435. The molecule has 2 atom stereocenters. The van der Waals surface area contributed by atoms with Crippen molar-refractivity contribution in [2.75, 3.05) is 13.2 Å². The van der Waals surface area contributed by atoms with Gasteiger partial charge in [0, 0.05) is 14.6 Å². The van der Waals surface area contributed by atoms with Crippen molar-refractivity contribution >= 4 is 24.6 Å². The second-order valence-electron chi connectivity index (χ2n) is 7.75. The molecule has 2 aliphatic heterocycles. The summed E-state index contributed by atoms with van der Waals surface area (Å²) in [5.74, 6) is 1.51. The zero-order chi connectivity index (χ0) is 18.6. The van der Waals surface area contributed by atoms with E-state index in [4.69, 9.17) is 9.73 Å². The standard InChI is InChI=1S/C23H29N2OP/c1-18(2)21-17-26-23(24-21)22-15-9-10-16-25(22)27(19-11-5-3-6-12-19)20-13-7-4-8-14-20/h3-8,11-14,18,21-22H,9-10,15-17H2,1-2H3/t21-,22-/m1/s1. The van der Waals surface area contributed by atoms with Gasteiger partial charge in [0.15, 0.2) is 0 Å². The minimum absolute atomic E-state index is 0.300. The first-order chi connectivity index (χ1) is 13.2. The summed E-state index contributed by atoms with van der Waals surface area (Å²) in [5, 5.41) is 2.81. The van der Waals surface area contributed by atoms with E-state index in [2.05, 4.69) is 79.2 Å². The van der Waals surface area contributed by atoms with Crippen LogP contribution >= 0.6 is 8.07 Å². The molecule has 0 aliphatic carbocycles. The topological polar surface area (TPSA) is 24.8 Å². The Morgan fingerprint density at radius 3 is 2.15 bits per heavy atom. The largest absolute Gasteiger partial charge is 0.478 e. The Morgan fingerprint density at radius 1 is 0.963 bits per heavy atom. The zero-order valence-electron chi connectivity index (χ0n) is 16.3. The number of piperidine rings is 1. The molecule has 0 aromatic heterocycles. The van der Waals surface area contributed by atoms with E-state index < -0.39 is 8.07 Å². The second kappa shape index (κ2) is 8.54. The Labute approximate surface area is 164 Å². The van der Waals surface area contributed by atoms with Crippen LogP contribution in [0.25, 0.3) is 0 Å². The molecule has 0 radical (unpaired) electrons. The smallest absolute Gasteiger partial charge is 0.201 e. The average molecular weight is 380 g/mol. The van der Waals surface area contributed by atoms with Crippen LogP contribution in [0.5, 0.6) is 0 Å². The van der Waals surface area contributed by atoms with Crippen LogP contribution in [0.4, 0.5) is 0 Å². The van der Waals surface area contributed by atoms with Crippen molar-refractivity contribution < 1.29 is 4.74 Å². The monoisotopic (exact) mass is 380 g/mol. The molecule has 4 heteroatoms. The third-order valence-corrected chi connectivity index (χ3v) is 8.05. The molecule has 142 valence electrons. The molecule has 1 fully saturated rings. The number of rotatable bonds is 5. The second-order valence-corrected chi connectivity index (χ2v) is 9.92. The van der Waals surface area contributed by atoms with Gasteiger partial charge in [0.05, 0.1) is 12.1 Å². The molecule has 3 nitrogen and oxygen atoms in total. The average Bonchev–Trinajstić information content (AvgIpc) is 3.21. The lowest BCUT2D eigenvalue weighted by Gasteiger charge is -2.40. The van der Waals surface area contributed by atoms with Crippen LogP contribution in [-0.2, 0) is 4.74 Å². The lowest BCUT2D eigenvalue weighted by atomic mass is 10.0. The SMILES string of the molecule is CC(C)[C@H]1COC([C@H]2CCCCN2P(c2ccccc2)c2ccccc2)=N1. The van der Waals surface area contributed by atoms with E-state index in [0.717, 1.165) is 25.5 Å². The highest BCUT2D eigenvalue weighted by molar-refractivity contribution is 7.70. The highest BCUT2D eigenvalue weighted by Crippen LogP contribution is 2.43. The summed E-state index contributed by atoms with van der Waals surface area (Å²) in [6, 6.07) is 22.6. The van der Waals surface area contributed by atoms with Gasteiger partial charge >= 0.3 is 0 Å². The van der Waals surface area contributed by atoms with Gasteiger partial charge in [0.2, 0.25) is 5.90 Å². The molecule has 0 unspecified atom stereocenters. The molecule has 1 saturated heterocycles. The maximum absolute atomic E-state index is 6.14. The molecule has 2 aromatic rings. The van der Waals surface area contributed by atoms with Gasteiger partial charge in [-0.15, -0.1) is 0 Å². The summed E-state index contributed by atoms with van der Waals surface area (Å²) < 4.78 is 8.82. The Balaban J connectivity index is 1.70. The van der Waals surface area contributed by atoms with Crippen molar-refractivity contribution in [2.24, 2.45) is 10.9 Å². The summed E-state index contributed by atoms with van der Waals surface area (Å²) in [5.41, 5.74) is 0. The number of ether oxygens (including phenoxy) is 1. The van der Waals surface area contributed by atoms with Crippen molar-refractivity contribution in [1.82, 2.24) is 4.67 Å². The van der Waals surface area contributed by atoms with Crippen LogP contribution in [0.3, 0.4) is 0 Å². The van der Waals surface area contributed by atoms with E-state index in [1.54, 1.807) is 0 Å². The van der Waals surface area contributed by atoms with Gasteiger partial charge in [0.25, 0.3) is 0 Å². The summed E-state index contributed by atoms with van der Waals surface area (Å²) in [7, 11) is -0.582. The molecule has 27 heavy (non-hydrogen) atoms. The van der Waals surface area contributed by atoms with Gasteiger partial charge in [-0.2, -0.15) is 0 Å². The fourth-order valence-electron chi connectivity index (χ4n) is 3.92. The number of aliphatic imine (C=N–C) groups is 1. The molecule has 0 bridgehead atoms. The molecule has 0 amide bonds. The molecule has 2 heterocycles. The molecule has 0 spiro atoms. The van der Waals surface area contributed by atoms with E-state index in [0.29, 0.717) is 18.0 Å². The van der Waals surface area contributed by atoms with Gasteiger partial charge in [-0.05, 0) is 29.4 Å². The van der Waals surface area contributed by atoms with Gasteiger partial charge in [0.1, 0.15) is 6.61 Å². The minimum Gasteiger partial charge on any atom is -0.478 e. The minimum atomic E-state index is -0.582. The molecular weight excluding hydrogens is 351 g/mol. The van der Waals surface area contributed by atoms with Gasteiger partial charge in [-0.25, -0.2) is 4.99 Å². The van der Waals surface area contributed by atoms with Crippen LogP contribution in [-0.4, -0.2) is 35.8 Å². The molecule has 2 aliphatic rings. The van der Waals surface area contributed by atoms with Crippen molar-refractivity contribution in [2.45, 2.75) is 45.2 Å². The maximum Gasteiger partial charge on any atom is 0.201 e. The third-order valence-electron chi connectivity index (χ3n) is 5.48.